The molecule has 0 aliphatic heterocycles. The molecule has 1 N–H and O–H groups in total. The minimum atomic E-state index is -0.941. The van der Waals surface area contributed by atoms with Crippen LogP contribution in [-0.4, -0.2) is 21.5 Å². The quantitative estimate of drug-likeness (QED) is 0.240. The van der Waals surface area contributed by atoms with Crippen molar-refractivity contribution in [2.75, 3.05) is 0 Å². The van der Waals surface area contributed by atoms with Crippen LogP contribution in [0.25, 0.3) is 0 Å². The number of carboxylic acids is 1. The van der Waals surface area contributed by atoms with Gasteiger partial charge >= 0.3 is 10.6 Å². The first-order chi connectivity index (χ1) is 3.18. The first kappa shape index (κ1) is 6.91. The van der Waals surface area contributed by atoms with Crippen LogP contribution >= 0.6 is 12.6 Å². The van der Waals surface area contributed by atoms with E-state index in [9.17, 15) is 4.79 Å². The highest BCUT2D eigenvalue weighted by Crippen LogP contribution is 1.89. The van der Waals surface area contributed by atoms with Crippen LogP contribution in [0.15, 0.2) is 0 Å². The lowest BCUT2D eigenvalue weighted by atomic mass is 10.8. The van der Waals surface area contributed by atoms with Gasteiger partial charge in [0.05, 0.1) is 0 Å². The van der Waals surface area contributed by atoms with Crippen LogP contribution in [0.4, 0.5) is 0 Å². The molecule has 4 heteroatoms. The molecule has 0 saturated heterocycles. The summed E-state index contributed by atoms with van der Waals surface area (Å²) in [6.07, 6.45) is 0. The third-order valence-corrected chi connectivity index (χ3v) is 1.55. The Balaban J connectivity index is 3.55. The van der Waals surface area contributed by atoms with Crippen molar-refractivity contribution >= 4 is 35.8 Å². The van der Waals surface area contributed by atoms with Crippen LogP contribution < -0.4 is 0 Å². The van der Waals surface area contributed by atoms with E-state index >= 15 is 0 Å². The summed E-state index contributed by atoms with van der Waals surface area (Å²) in [5, 5.41) is 8.04. The van der Waals surface area contributed by atoms with Gasteiger partial charge in [0.15, 0.2) is 17.2 Å². The van der Waals surface area contributed by atoms with E-state index in [2.05, 4.69) is 18.5 Å². The topological polar surface area (TPSA) is 37.3 Å². The highest BCUT2D eigenvalue weighted by molar-refractivity contribution is 7.98. The fourth-order valence-electron chi connectivity index (χ4n) is 0.0713. The highest BCUT2D eigenvalue weighted by Gasteiger charge is 2.17. The summed E-state index contributed by atoms with van der Waals surface area (Å²) in [5.74, 6) is 2.32. The van der Waals surface area contributed by atoms with Gasteiger partial charge in [0.25, 0.3) is 0 Å². The molecular weight excluding hydrogens is 132 g/mol. The lowest BCUT2D eigenvalue weighted by Gasteiger charge is -1.78. The van der Waals surface area contributed by atoms with Crippen molar-refractivity contribution in [2.24, 2.45) is 0 Å². The maximum atomic E-state index is 9.79. The van der Waals surface area contributed by atoms with Gasteiger partial charge in [0.1, 0.15) is 0 Å². The average Bonchev–Trinajstić information content (AvgIpc) is 1.65. The molecule has 0 rings (SSSR count). The summed E-state index contributed by atoms with van der Waals surface area (Å²) in [4.78, 5) is 9.79. The van der Waals surface area contributed by atoms with Gasteiger partial charge in [-0.15, -0.1) is 12.6 Å². The number of hydrogen-bond donors (Lipinski definition) is 2. The molecule has 0 aromatic carbocycles. The Morgan fingerprint density at radius 2 is 2.43 bits per heavy atom. The molecule has 40 valence electrons. The van der Waals surface area contributed by atoms with Gasteiger partial charge in [-0.3, -0.25) is 0 Å². The minimum Gasteiger partial charge on any atom is -0.476 e. The maximum absolute atomic E-state index is 9.79. The first-order valence-corrected chi connectivity index (χ1v) is 3.06. The molecule has 2 nitrogen and oxygen atoms in total. The number of thiol groups is 1. The van der Waals surface area contributed by atoms with Crippen molar-refractivity contribution in [1.29, 1.82) is 0 Å². The number of carboxylic acid groups (broad SMARTS) is 1. The lowest BCUT2D eigenvalue weighted by molar-refractivity contribution is -0.134. The molecule has 0 aliphatic carbocycles. The fraction of sp³-hybridized carbons (Fsp3) is 0.333. The standard InChI is InChI=1S/C3H4O2S2/c1-7-3(6)2(4)5/h3H,1H2,(H-,4,5,6)/p+1. The van der Waals surface area contributed by atoms with Crippen molar-refractivity contribution in [3.8, 4) is 0 Å². The van der Waals surface area contributed by atoms with E-state index < -0.39 is 10.6 Å². The number of carbonyl (C=O) groups is 1. The third kappa shape index (κ3) is 2.59. The van der Waals surface area contributed by atoms with Gasteiger partial charge in [-0.2, -0.15) is 0 Å². The SMILES string of the molecule is C=[S+]C(S)C(=O)O. The molecule has 1 unspecified atom stereocenters. The molecular formula is C3H5O2S2+. The van der Waals surface area contributed by atoms with Crippen LogP contribution in [0.2, 0.25) is 0 Å². The van der Waals surface area contributed by atoms with Gasteiger partial charge in [0.2, 0.25) is 0 Å². The summed E-state index contributed by atoms with van der Waals surface area (Å²) in [6.45, 7) is 0. The summed E-state index contributed by atoms with van der Waals surface area (Å²) in [6, 6.07) is 0. The largest absolute Gasteiger partial charge is 0.476 e. The normalized spacial score (nSPS) is 12.7. The van der Waals surface area contributed by atoms with Crippen molar-refractivity contribution in [1.82, 2.24) is 0 Å². The van der Waals surface area contributed by atoms with E-state index in [0.29, 0.717) is 0 Å². The summed E-state index contributed by atoms with van der Waals surface area (Å²) >= 11 is 4.57. The Kier molecular flexibility index (Phi) is 2.95. The minimum absolute atomic E-state index is 0.681. The second-order valence-electron chi connectivity index (χ2n) is 0.857. The predicted octanol–water partition coefficient (Wildman–Crippen LogP) is -0.159. The highest BCUT2D eigenvalue weighted by atomic mass is 32.2. The second kappa shape index (κ2) is 2.98. The van der Waals surface area contributed by atoms with Crippen LogP contribution in [0.3, 0.4) is 0 Å². The zero-order valence-electron chi connectivity index (χ0n) is 3.50. The second-order valence-corrected chi connectivity index (χ2v) is 2.53. The van der Waals surface area contributed by atoms with Gasteiger partial charge in [-0.1, -0.05) is 0 Å². The monoisotopic (exact) mass is 137 g/mol. The molecule has 0 heterocycles. The third-order valence-electron chi connectivity index (χ3n) is 0.369. The molecule has 0 aromatic heterocycles. The molecule has 0 aliphatic rings. The molecule has 0 spiro atoms. The van der Waals surface area contributed by atoms with Gasteiger partial charge in [-0.25, -0.2) is 4.79 Å². The van der Waals surface area contributed by atoms with Crippen LogP contribution in [0, 0.1) is 0 Å². The molecule has 1 atom stereocenters. The molecule has 0 saturated carbocycles. The van der Waals surface area contributed by atoms with E-state index in [1.807, 2.05) is 0 Å². The number of hydrogen-bond acceptors (Lipinski definition) is 2. The molecule has 0 bridgehead atoms. The zero-order chi connectivity index (χ0) is 5.86. The lowest BCUT2D eigenvalue weighted by Crippen LogP contribution is -2.10. The van der Waals surface area contributed by atoms with Crippen molar-refractivity contribution in [3.63, 3.8) is 0 Å². The molecule has 0 radical (unpaired) electrons. The Labute approximate surface area is 50.9 Å². The number of rotatable bonds is 2. The Morgan fingerprint density at radius 1 is 2.00 bits per heavy atom. The Bertz CT molecular complexity index is 90.9. The Morgan fingerprint density at radius 3 is 2.43 bits per heavy atom. The van der Waals surface area contributed by atoms with E-state index in [1.54, 1.807) is 0 Å². The number of aliphatic carboxylic acids is 1. The van der Waals surface area contributed by atoms with E-state index in [1.165, 1.54) is 0 Å². The predicted molar refractivity (Wildman–Crippen MR) is 34.9 cm³/mol. The van der Waals surface area contributed by atoms with Gasteiger partial charge in [0, 0.05) is 0 Å². The maximum Gasteiger partial charge on any atom is 0.378 e. The van der Waals surface area contributed by atoms with Crippen LogP contribution in [0.1, 0.15) is 0 Å². The van der Waals surface area contributed by atoms with Crippen LogP contribution in [-0.2, 0) is 16.1 Å². The summed E-state index contributed by atoms with van der Waals surface area (Å²) in [7, 11) is 0. The van der Waals surface area contributed by atoms with E-state index in [-0.39, 0.29) is 0 Å². The van der Waals surface area contributed by atoms with Crippen LogP contribution in [0.5, 0.6) is 0 Å². The fourth-order valence-corrected chi connectivity index (χ4v) is 0.214. The molecule has 0 fully saturated rings. The Hall–Kier alpha value is -0.0900. The summed E-state index contributed by atoms with van der Waals surface area (Å²) < 4.78 is -0.681. The smallest absolute Gasteiger partial charge is 0.378 e. The molecule has 0 aromatic rings. The van der Waals surface area contributed by atoms with E-state index in [0.717, 1.165) is 11.4 Å². The average molecular weight is 137 g/mol. The van der Waals surface area contributed by atoms with Crippen molar-refractivity contribution in [3.05, 3.63) is 0 Å². The molecule has 7 heavy (non-hydrogen) atoms. The van der Waals surface area contributed by atoms with Crippen molar-refractivity contribution in [2.45, 2.75) is 4.58 Å². The van der Waals surface area contributed by atoms with Gasteiger partial charge < -0.3 is 5.11 Å². The zero-order valence-corrected chi connectivity index (χ0v) is 5.21. The van der Waals surface area contributed by atoms with Gasteiger partial charge in [-0.05, 0) is 0 Å². The molecule has 0 amide bonds. The summed E-state index contributed by atoms with van der Waals surface area (Å²) in [5.41, 5.74) is 0. The first-order valence-electron chi connectivity index (χ1n) is 1.50. The van der Waals surface area contributed by atoms with Crippen molar-refractivity contribution < 1.29 is 9.90 Å². The van der Waals surface area contributed by atoms with E-state index in [4.69, 9.17) is 5.11 Å².